The quantitative estimate of drug-likeness (QED) is 0.695. The molecule has 0 saturated heterocycles. The third kappa shape index (κ3) is 4.42. The summed E-state index contributed by atoms with van der Waals surface area (Å²) in [5.74, 6) is -0.168. The molecule has 1 aliphatic heterocycles. The summed E-state index contributed by atoms with van der Waals surface area (Å²) in [5.41, 5.74) is 3.43. The van der Waals surface area contributed by atoms with Gasteiger partial charge in [0.2, 0.25) is 21.8 Å². The van der Waals surface area contributed by atoms with E-state index in [1.807, 2.05) is 36.1 Å². The highest BCUT2D eigenvalue weighted by Crippen LogP contribution is 2.39. The molecule has 1 atom stereocenters. The normalized spacial score (nSPS) is 18.0. The van der Waals surface area contributed by atoms with Gasteiger partial charge in [-0.3, -0.25) is 9.59 Å². The first kappa shape index (κ1) is 22.5. The van der Waals surface area contributed by atoms with E-state index in [1.54, 1.807) is 12.1 Å². The van der Waals surface area contributed by atoms with Crippen molar-refractivity contribution in [3.8, 4) is 0 Å². The predicted octanol–water partition coefficient (Wildman–Crippen LogP) is 3.20. The molecule has 4 rings (SSSR count). The molecule has 1 heterocycles. The Balaban J connectivity index is 1.46. The summed E-state index contributed by atoms with van der Waals surface area (Å²) in [6, 6.07) is 12.4. The van der Waals surface area contributed by atoms with Gasteiger partial charge in [-0.05, 0) is 74.1 Å². The molecule has 0 radical (unpaired) electrons. The van der Waals surface area contributed by atoms with Gasteiger partial charge in [-0.25, -0.2) is 8.42 Å². The summed E-state index contributed by atoms with van der Waals surface area (Å²) in [6.07, 6.45) is 3.38. The number of nitrogens with zero attached hydrogens (tertiary/aromatic N) is 2. The Morgan fingerprint density at radius 2 is 1.81 bits per heavy atom. The molecule has 1 fully saturated rings. The number of nitrogens with one attached hydrogen (secondary N) is 1. The van der Waals surface area contributed by atoms with E-state index in [9.17, 15) is 18.0 Å². The minimum absolute atomic E-state index is 0.0126. The van der Waals surface area contributed by atoms with E-state index in [0.717, 1.165) is 40.4 Å². The Hall–Kier alpha value is -2.71. The van der Waals surface area contributed by atoms with Crippen LogP contribution < -0.4 is 10.2 Å². The van der Waals surface area contributed by atoms with Crippen molar-refractivity contribution in [1.82, 2.24) is 4.31 Å². The monoisotopic (exact) mass is 455 g/mol. The van der Waals surface area contributed by atoms with Crippen molar-refractivity contribution in [3.63, 3.8) is 0 Å². The maximum absolute atomic E-state index is 13.1. The average molecular weight is 456 g/mol. The first-order valence-corrected chi connectivity index (χ1v) is 12.5. The van der Waals surface area contributed by atoms with E-state index in [4.69, 9.17) is 0 Å². The largest absolute Gasteiger partial charge is 0.325 e. The lowest BCUT2D eigenvalue weighted by molar-refractivity contribution is -0.120. The highest BCUT2D eigenvalue weighted by molar-refractivity contribution is 7.89. The van der Waals surface area contributed by atoms with Gasteiger partial charge in [-0.2, -0.15) is 4.31 Å². The Bertz CT molecular complexity index is 1140. The first-order chi connectivity index (χ1) is 15.2. The van der Waals surface area contributed by atoms with Crippen LogP contribution in [0, 0.1) is 5.92 Å². The van der Waals surface area contributed by atoms with E-state index >= 15 is 0 Å². The summed E-state index contributed by atoms with van der Waals surface area (Å²) in [4.78, 5) is 27.0. The highest BCUT2D eigenvalue weighted by Gasteiger charge is 2.40. The molecule has 2 amide bonds. The Kier molecular flexibility index (Phi) is 6.09. The van der Waals surface area contributed by atoms with Crippen LogP contribution in [0.3, 0.4) is 0 Å². The van der Waals surface area contributed by atoms with Gasteiger partial charge in [-0.15, -0.1) is 0 Å². The molecular formula is C24H29N3O4S. The van der Waals surface area contributed by atoms with Crippen molar-refractivity contribution in [2.75, 3.05) is 23.8 Å². The molecule has 2 aromatic rings. The molecule has 2 aromatic carbocycles. The minimum Gasteiger partial charge on any atom is -0.325 e. The van der Waals surface area contributed by atoms with Crippen molar-refractivity contribution in [2.45, 2.75) is 50.5 Å². The second-order valence-electron chi connectivity index (χ2n) is 8.69. The molecule has 0 aromatic heterocycles. The van der Waals surface area contributed by atoms with Crippen molar-refractivity contribution in [3.05, 3.63) is 53.6 Å². The maximum Gasteiger partial charge on any atom is 0.243 e. The van der Waals surface area contributed by atoms with E-state index < -0.39 is 15.9 Å². The van der Waals surface area contributed by atoms with Crippen molar-refractivity contribution >= 4 is 33.2 Å². The molecule has 7 nitrogen and oxygen atoms in total. The lowest BCUT2D eigenvalue weighted by atomic mass is 10.1. The van der Waals surface area contributed by atoms with Gasteiger partial charge in [0, 0.05) is 30.4 Å². The van der Waals surface area contributed by atoms with Crippen molar-refractivity contribution < 1.29 is 18.0 Å². The van der Waals surface area contributed by atoms with Gasteiger partial charge >= 0.3 is 0 Å². The molecule has 1 N–H and O–H groups in total. The SMILES string of the molecule is CCc1ccc(NC(=O)CN(C)S(=O)(=O)c2ccc3c(c2)C[C@H](C)N3C(=O)C2CC2)cc1. The number of sulfonamides is 1. The second-order valence-corrected chi connectivity index (χ2v) is 10.7. The van der Waals surface area contributed by atoms with E-state index in [-0.39, 0.29) is 29.3 Å². The van der Waals surface area contributed by atoms with Gasteiger partial charge < -0.3 is 10.2 Å². The standard InChI is InChI=1S/C24H29N3O4S/c1-4-17-5-9-20(10-6-17)25-23(28)15-26(3)32(30,31)21-11-12-22-19(14-21)13-16(2)27(22)24(29)18-7-8-18/h5-6,9-12,14,16,18H,4,7-8,13,15H2,1-3H3,(H,25,28)/t16-/m0/s1. The fourth-order valence-corrected chi connectivity index (χ4v) is 5.30. The van der Waals surface area contributed by atoms with Gasteiger partial charge in [0.15, 0.2) is 0 Å². The van der Waals surface area contributed by atoms with Gasteiger partial charge in [-0.1, -0.05) is 19.1 Å². The summed E-state index contributed by atoms with van der Waals surface area (Å²) < 4.78 is 27.2. The van der Waals surface area contributed by atoms with Gasteiger partial charge in [0.25, 0.3) is 0 Å². The number of likely N-dealkylation sites (N-methyl/N-ethyl adjacent to an activating group) is 1. The van der Waals surface area contributed by atoms with Crippen molar-refractivity contribution in [2.24, 2.45) is 5.92 Å². The maximum atomic E-state index is 13.1. The Labute approximate surface area is 189 Å². The fourth-order valence-electron chi connectivity index (χ4n) is 4.12. The lowest BCUT2D eigenvalue weighted by Gasteiger charge is -2.23. The van der Waals surface area contributed by atoms with E-state index in [1.165, 1.54) is 13.1 Å². The topological polar surface area (TPSA) is 86.8 Å². The molecule has 1 saturated carbocycles. The molecule has 2 aliphatic rings. The van der Waals surface area contributed by atoms with Crippen LogP contribution >= 0.6 is 0 Å². The molecule has 0 spiro atoms. The third-order valence-corrected chi connectivity index (χ3v) is 7.95. The van der Waals surface area contributed by atoms with Crippen molar-refractivity contribution in [1.29, 1.82) is 0 Å². The molecule has 0 bridgehead atoms. The van der Waals surface area contributed by atoms with Crippen LogP contribution in [0.25, 0.3) is 0 Å². The van der Waals surface area contributed by atoms with Gasteiger partial charge in [0.05, 0.1) is 11.4 Å². The smallest absolute Gasteiger partial charge is 0.243 e. The predicted molar refractivity (Wildman–Crippen MR) is 124 cm³/mol. The molecule has 1 aliphatic carbocycles. The van der Waals surface area contributed by atoms with E-state index in [2.05, 4.69) is 12.2 Å². The summed E-state index contributed by atoms with van der Waals surface area (Å²) in [7, 11) is -2.45. The molecule has 8 heteroatoms. The van der Waals surface area contributed by atoms with Crippen LogP contribution in [0.1, 0.15) is 37.8 Å². The number of hydrogen-bond donors (Lipinski definition) is 1. The molecule has 170 valence electrons. The summed E-state index contributed by atoms with van der Waals surface area (Å²) in [5, 5.41) is 2.74. The number of rotatable bonds is 7. The van der Waals surface area contributed by atoms with Crippen LogP contribution in [0.5, 0.6) is 0 Å². The van der Waals surface area contributed by atoms with E-state index in [0.29, 0.717) is 12.1 Å². The highest BCUT2D eigenvalue weighted by atomic mass is 32.2. The number of benzene rings is 2. The third-order valence-electron chi connectivity index (χ3n) is 6.15. The van der Waals surface area contributed by atoms with Crippen LogP contribution in [-0.4, -0.2) is 44.2 Å². The molecule has 32 heavy (non-hydrogen) atoms. The second kappa shape index (κ2) is 8.67. The Morgan fingerprint density at radius 1 is 1.12 bits per heavy atom. The summed E-state index contributed by atoms with van der Waals surface area (Å²) >= 11 is 0. The van der Waals surface area contributed by atoms with Gasteiger partial charge in [0.1, 0.15) is 0 Å². The number of fused-ring (bicyclic) bond motifs is 1. The number of carbonyl (C=O) groups excluding carboxylic acids is 2. The average Bonchev–Trinajstić information content (AvgIpc) is 3.55. The number of amides is 2. The minimum atomic E-state index is -3.85. The number of carbonyl (C=O) groups is 2. The Morgan fingerprint density at radius 3 is 2.44 bits per heavy atom. The van der Waals surface area contributed by atoms with Crippen LogP contribution in [-0.2, 0) is 32.5 Å². The lowest BCUT2D eigenvalue weighted by Crippen LogP contribution is -2.36. The zero-order valence-corrected chi connectivity index (χ0v) is 19.5. The molecular weight excluding hydrogens is 426 g/mol. The van der Waals surface area contributed by atoms with Crippen LogP contribution in [0.2, 0.25) is 0 Å². The molecule has 0 unspecified atom stereocenters. The number of aryl methyl sites for hydroxylation is 1. The van der Waals surface area contributed by atoms with Crippen LogP contribution in [0.15, 0.2) is 47.4 Å². The fraction of sp³-hybridized carbons (Fsp3) is 0.417. The number of anilines is 2. The first-order valence-electron chi connectivity index (χ1n) is 11.0. The number of hydrogen-bond acceptors (Lipinski definition) is 4. The zero-order valence-electron chi connectivity index (χ0n) is 18.7. The summed E-state index contributed by atoms with van der Waals surface area (Å²) in [6.45, 7) is 3.74. The van der Waals surface area contributed by atoms with Crippen LogP contribution in [0.4, 0.5) is 11.4 Å². The zero-order chi connectivity index (χ0) is 23.0.